The molecule has 7 nitrogen and oxygen atoms in total. The molecule has 3 aliphatic rings. The Bertz CT molecular complexity index is 1230. The summed E-state index contributed by atoms with van der Waals surface area (Å²) in [5.74, 6) is 2.03. The first-order valence-corrected chi connectivity index (χ1v) is 14.9. The Hall–Kier alpha value is -2.20. The summed E-state index contributed by atoms with van der Waals surface area (Å²) >= 11 is 1.25. The van der Waals surface area contributed by atoms with E-state index in [0.717, 1.165) is 61.5 Å². The van der Waals surface area contributed by atoms with E-state index >= 15 is 0 Å². The van der Waals surface area contributed by atoms with Crippen LogP contribution in [0.15, 0.2) is 52.3 Å². The highest BCUT2D eigenvalue weighted by atomic mass is 32.2. The molecule has 35 heavy (non-hydrogen) atoms. The van der Waals surface area contributed by atoms with Crippen molar-refractivity contribution in [3.8, 4) is 11.4 Å². The number of thiophene rings is 1. The predicted octanol–water partition coefficient (Wildman–Crippen LogP) is 4.66. The minimum absolute atomic E-state index is 0.222. The molecule has 1 N–H and O–H groups in total. The minimum atomic E-state index is -3.44. The second kappa shape index (κ2) is 10.4. The molecule has 3 aliphatic heterocycles. The highest BCUT2D eigenvalue weighted by molar-refractivity contribution is 7.91. The van der Waals surface area contributed by atoms with E-state index in [9.17, 15) is 8.42 Å². The van der Waals surface area contributed by atoms with Crippen LogP contribution in [0.25, 0.3) is 11.4 Å². The van der Waals surface area contributed by atoms with E-state index < -0.39 is 10.0 Å². The minimum Gasteiger partial charge on any atom is -0.298 e. The van der Waals surface area contributed by atoms with Crippen molar-refractivity contribution in [3.63, 3.8) is 0 Å². The Kier molecular flexibility index (Phi) is 7.29. The van der Waals surface area contributed by atoms with E-state index in [4.69, 9.17) is 9.97 Å². The van der Waals surface area contributed by atoms with Gasteiger partial charge in [0.2, 0.25) is 10.0 Å². The highest BCUT2D eigenvalue weighted by Crippen LogP contribution is 2.42. The Morgan fingerprint density at radius 2 is 1.97 bits per heavy atom. The number of aromatic nitrogens is 3. The Morgan fingerprint density at radius 1 is 1.17 bits per heavy atom. The van der Waals surface area contributed by atoms with E-state index in [0.29, 0.717) is 28.5 Å². The van der Waals surface area contributed by atoms with Gasteiger partial charge in [-0.15, -0.1) is 11.3 Å². The predicted molar refractivity (Wildman–Crippen MR) is 139 cm³/mol. The maximum atomic E-state index is 12.6. The van der Waals surface area contributed by atoms with Gasteiger partial charge in [0.1, 0.15) is 4.21 Å². The molecule has 1 unspecified atom stereocenters. The highest BCUT2D eigenvalue weighted by Gasteiger charge is 2.42. The van der Waals surface area contributed by atoms with Crippen LogP contribution in [-0.2, 0) is 10.0 Å². The molecule has 6 heterocycles. The first kappa shape index (κ1) is 24.5. The third-order valence-electron chi connectivity index (χ3n) is 7.64. The van der Waals surface area contributed by atoms with Crippen molar-refractivity contribution in [2.24, 2.45) is 5.92 Å². The molecule has 0 amide bonds. The van der Waals surface area contributed by atoms with E-state index in [1.165, 1.54) is 11.3 Å². The molecule has 0 radical (unpaired) electrons. The van der Waals surface area contributed by atoms with E-state index in [-0.39, 0.29) is 6.04 Å². The molecule has 6 rings (SSSR count). The van der Waals surface area contributed by atoms with Gasteiger partial charge in [-0.3, -0.25) is 9.88 Å². The SMILES string of the molecule is CCC(CC)c1cc([C@@H]2CN3CC[C@H]2C[C@@H]3CNS(=O)(=O)c2cccs2)nc(-c2ccncc2)n1. The normalized spacial score (nSPS) is 24.2. The summed E-state index contributed by atoms with van der Waals surface area (Å²) in [4.78, 5) is 16.6. The fourth-order valence-corrected chi connectivity index (χ4v) is 7.71. The van der Waals surface area contributed by atoms with Gasteiger partial charge in [0, 0.05) is 60.3 Å². The van der Waals surface area contributed by atoms with Crippen molar-refractivity contribution >= 4 is 21.4 Å². The van der Waals surface area contributed by atoms with Gasteiger partial charge in [0.05, 0.1) is 0 Å². The van der Waals surface area contributed by atoms with Crippen LogP contribution < -0.4 is 4.72 Å². The van der Waals surface area contributed by atoms with E-state index in [1.54, 1.807) is 29.9 Å². The third-order valence-corrected chi connectivity index (χ3v) is 10.5. The number of hydrogen-bond donors (Lipinski definition) is 1. The first-order valence-electron chi connectivity index (χ1n) is 12.5. The average Bonchev–Trinajstić information content (AvgIpc) is 3.45. The molecule has 3 fully saturated rings. The van der Waals surface area contributed by atoms with Crippen molar-refractivity contribution in [2.45, 2.75) is 61.6 Å². The molecule has 4 atom stereocenters. The maximum Gasteiger partial charge on any atom is 0.250 e. The molecule has 2 bridgehead atoms. The zero-order valence-electron chi connectivity index (χ0n) is 20.3. The van der Waals surface area contributed by atoms with Crippen LogP contribution in [0.4, 0.5) is 0 Å². The van der Waals surface area contributed by atoms with Gasteiger partial charge >= 0.3 is 0 Å². The lowest BCUT2D eigenvalue weighted by Crippen LogP contribution is -2.56. The molecule has 3 saturated heterocycles. The molecule has 0 aliphatic carbocycles. The van der Waals surface area contributed by atoms with Crippen molar-refractivity contribution < 1.29 is 8.42 Å². The van der Waals surface area contributed by atoms with Crippen LogP contribution in [0.1, 0.15) is 62.8 Å². The zero-order chi connectivity index (χ0) is 24.4. The van der Waals surface area contributed by atoms with Crippen LogP contribution in [0, 0.1) is 5.92 Å². The lowest BCUT2D eigenvalue weighted by molar-refractivity contribution is 0.0317. The van der Waals surface area contributed by atoms with Gasteiger partial charge in [-0.1, -0.05) is 19.9 Å². The number of piperidine rings is 3. The number of sulfonamides is 1. The van der Waals surface area contributed by atoms with Gasteiger partial charge in [-0.2, -0.15) is 0 Å². The van der Waals surface area contributed by atoms with Crippen molar-refractivity contribution in [1.82, 2.24) is 24.6 Å². The second-order valence-corrected chi connectivity index (χ2v) is 12.6. The van der Waals surface area contributed by atoms with Crippen LogP contribution >= 0.6 is 11.3 Å². The lowest BCUT2D eigenvalue weighted by Gasteiger charge is -2.49. The first-order chi connectivity index (χ1) is 17.0. The number of nitrogens with one attached hydrogen (secondary N) is 1. The summed E-state index contributed by atoms with van der Waals surface area (Å²) in [6, 6.07) is 9.84. The molecule has 9 heteroatoms. The monoisotopic (exact) mass is 511 g/mol. The molecule has 3 aromatic rings. The summed E-state index contributed by atoms with van der Waals surface area (Å²) in [5.41, 5.74) is 3.25. The zero-order valence-corrected chi connectivity index (χ0v) is 21.9. The average molecular weight is 512 g/mol. The Labute approximate surface area is 212 Å². The Balaban J connectivity index is 1.37. The number of fused-ring (bicyclic) bond motifs is 3. The van der Waals surface area contributed by atoms with Crippen LogP contribution in [-0.4, -0.2) is 53.9 Å². The fraction of sp³-hybridized carbons (Fsp3) is 0.500. The molecule has 0 aromatic carbocycles. The van der Waals surface area contributed by atoms with Crippen molar-refractivity contribution in [1.29, 1.82) is 0 Å². The van der Waals surface area contributed by atoms with Gasteiger partial charge in [0.25, 0.3) is 0 Å². The number of nitrogens with zero attached hydrogens (tertiary/aromatic N) is 4. The number of rotatable bonds is 9. The molecule has 0 spiro atoms. The lowest BCUT2D eigenvalue weighted by atomic mass is 9.74. The maximum absolute atomic E-state index is 12.6. The number of pyridine rings is 1. The summed E-state index contributed by atoms with van der Waals surface area (Å²) in [6.07, 6.45) is 7.78. The smallest absolute Gasteiger partial charge is 0.250 e. The van der Waals surface area contributed by atoms with Crippen LogP contribution in [0.2, 0.25) is 0 Å². The van der Waals surface area contributed by atoms with Crippen molar-refractivity contribution in [3.05, 3.63) is 59.5 Å². The number of hydrogen-bond acceptors (Lipinski definition) is 7. The second-order valence-electron chi connectivity index (χ2n) is 9.61. The van der Waals surface area contributed by atoms with E-state index in [1.807, 2.05) is 12.1 Å². The Morgan fingerprint density at radius 3 is 2.63 bits per heavy atom. The summed E-state index contributed by atoms with van der Waals surface area (Å²) in [5, 5.41) is 1.79. The van der Waals surface area contributed by atoms with Crippen LogP contribution in [0.5, 0.6) is 0 Å². The fourth-order valence-electron chi connectivity index (χ4n) is 5.60. The van der Waals surface area contributed by atoms with Crippen molar-refractivity contribution in [2.75, 3.05) is 19.6 Å². The van der Waals surface area contributed by atoms with Crippen LogP contribution in [0.3, 0.4) is 0 Å². The summed E-state index contributed by atoms with van der Waals surface area (Å²) in [7, 11) is -3.44. The standard InChI is InChI=1S/C26H33N5O2S2/c1-3-18(4-2)23-15-24(30-26(29-23)19-7-10-27-11-8-19)22-17-31-12-9-20(22)14-21(31)16-28-35(32,33)25-6-5-13-34-25/h5-8,10-11,13,15,18,20-22,28H,3-4,9,12,14,16-17H2,1-2H3/t20-,21+,22+/m0/s1. The quantitative estimate of drug-likeness (QED) is 0.450. The molecular formula is C26H33N5O2S2. The van der Waals surface area contributed by atoms with Gasteiger partial charge in [0.15, 0.2) is 5.82 Å². The topological polar surface area (TPSA) is 88.1 Å². The molecule has 3 aromatic heterocycles. The van der Waals surface area contributed by atoms with Gasteiger partial charge in [-0.05, 0) is 67.8 Å². The van der Waals surface area contributed by atoms with Gasteiger partial charge < -0.3 is 0 Å². The summed E-state index contributed by atoms with van der Waals surface area (Å²) < 4.78 is 28.5. The largest absolute Gasteiger partial charge is 0.298 e. The van der Waals surface area contributed by atoms with E-state index in [2.05, 4.69) is 34.5 Å². The van der Waals surface area contributed by atoms with Gasteiger partial charge in [-0.25, -0.2) is 23.1 Å². The summed E-state index contributed by atoms with van der Waals surface area (Å²) in [6.45, 7) is 6.81. The third kappa shape index (κ3) is 5.18. The molecular weight excluding hydrogens is 478 g/mol. The molecule has 186 valence electrons. The molecule has 0 saturated carbocycles.